The van der Waals surface area contributed by atoms with Crippen molar-refractivity contribution in [2.24, 2.45) is 0 Å². The molecule has 2 saturated heterocycles. The molecule has 0 spiro atoms. The number of H-pyrrole nitrogens is 1. The molecule has 236 valence electrons. The highest BCUT2D eigenvalue weighted by Gasteiger charge is 2.53. The van der Waals surface area contributed by atoms with E-state index in [0.29, 0.717) is 0 Å². The summed E-state index contributed by atoms with van der Waals surface area (Å²) in [6, 6.07) is 0. The van der Waals surface area contributed by atoms with Crippen molar-refractivity contribution in [2.45, 2.75) is 62.0 Å². The third-order valence-corrected chi connectivity index (χ3v) is 9.71. The van der Waals surface area contributed by atoms with Gasteiger partial charge in [-0.1, -0.05) is 0 Å². The Hall–Kier alpha value is -3.49. The second-order valence-electron chi connectivity index (χ2n) is 10.2. The smallest absolute Gasteiger partial charge is 0.387 e. The third-order valence-electron chi connectivity index (χ3n) is 7.40. The summed E-state index contributed by atoms with van der Waals surface area (Å²) >= 11 is 0. The van der Waals surface area contributed by atoms with Gasteiger partial charge >= 0.3 is 15.9 Å². The lowest BCUT2D eigenvalue weighted by molar-refractivity contribution is -0.0736. The average Bonchev–Trinajstić information content (AvgIpc) is 3.73. The fraction of sp³-hybridized carbons (Fsp3) is 0.524. The molecule has 4 aromatic heterocycles. The Balaban J connectivity index is 1.26. The number of nitrogens with one attached hydrogen (secondary N) is 1. The van der Waals surface area contributed by atoms with Crippen LogP contribution in [0.15, 0.2) is 23.8 Å². The summed E-state index contributed by atoms with van der Waals surface area (Å²) in [7, 11) is -7.74. The Morgan fingerprint density at radius 2 is 1.82 bits per heavy atom. The summed E-state index contributed by atoms with van der Waals surface area (Å²) in [6.07, 6.45) is -5.72. The highest BCUT2D eigenvalue weighted by Crippen LogP contribution is 2.58. The van der Waals surface area contributed by atoms with E-state index in [9.17, 15) is 29.0 Å². The first-order valence-corrected chi connectivity index (χ1v) is 15.8. The molecule has 0 radical (unpaired) electrons. The molecule has 0 amide bonds. The van der Waals surface area contributed by atoms with Crippen LogP contribution in [0.4, 0.5) is 11.8 Å². The van der Waals surface area contributed by atoms with Crippen LogP contribution in [0, 0.1) is 0 Å². The van der Waals surface area contributed by atoms with Gasteiger partial charge in [-0.3, -0.25) is 23.5 Å². The number of fused-ring (bicyclic) bond motifs is 2. The van der Waals surface area contributed by atoms with E-state index in [1.165, 1.54) is 35.0 Å². The number of aliphatic hydroxyl groups excluding tert-OH is 2. The van der Waals surface area contributed by atoms with Gasteiger partial charge < -0.3 is 40.6 Å². The molecule has 2 aliphatic heterocycles. The second kappa shape index (κ2) is 11.5. The Bertz CT molecular complexity index is 1830. The van der Waals surface area contributed by atoms with Crippen LogP contribution in [0.2, 0.25) is 0 Å². The lowest BCUT2D eigenvalue weighted by atomic mass is 10.1. The summed E-state index contributed by atoms with van der Waals surface area (Å²) in [6.45, 7) is 0.955. The van der Waals surface area contributed by atoms with Crippen LogP contribution in [0.1, 0.15) is 25.8 Å². The van der Waals surface area contributed by atoms with E-state index in [1.807, 2.05) is 0 Å². The van der Waals surface area contributed by atoms with Gasteiger partial charge in [0.1, 0.15) is 42.4 Å². The lowest BCUT2D eigenvalue weighted by Crippen LogP contribution is -2.38. The number of nitrogen functional groups attached to an aromatic ring is 2. The second-order valence-corrected chi connectivity index (χ2v) is 12.9. The highest BCUT2D eigenvalue weighted by atomic mass is 31.2. The summed E-state index contributed by atoms with van der Waals surface area (Å²) in [5.41, 5.74) is 9.80. The number of hydrogen-bond acceptors (Lipinski definition) is 16. The number of ether oxygens (including phenoxy) is 2. The van der Waals surface area contributed by atoms with Gasteiger partial charge in [-0.15, -0.1) is 9.42 Å². The average molecular weight is 657 g/mol. The number of aliphatic hydroxyl groups is 2. The normalized spacial score (nSPS) is 29.8. The van der Waals surface area contributed by atoms with E-state index in [2.05, 4.69) is 29.9 Å². The number of aromatic nitrogens is 8. The highest BCUT2D eigenvalue weighted by molar-refractivity contribution is 7.53. The van der Waals surface area contributed by atoms with E-state index in [4.69, 9.17) is 34.9 Å². The third kappa shape index (κ3) is 5.36. The van der Waals surface area contributed by atoms with Crippen molar-refractivity contribution in [1.29, 1.82) is 0 Å². The van der Waals surface area contributed by atoms with E-state index in [0.717, 1.165) is 0 Å². The van der Waals surface area contributed by atoms with Crippen molar-refractivity contribution < 1.29 is 47.7 Å². The van der Waals surface area contributed by atoms with Gasteiger partial charge in [0, 0.05) is 4.57 Å². The molecule has 23 heteroatoms. The molecule has 10 atom stereocenters. The van der Waals surface area contributed by atoms with Crippen LogP contribution in [0.5, 0.6) is 0 Å². The van der Waals surface area contributed by atoms with Crippen molar-refractivity contribution in [3.8, 4) is 0 Å². The maximum atomic E-state index is 13.9. The largest absolute Gasteiger partial charge is 0.694 e. The van der Waals surface area contributed by atoms with Crippen molar-refractivity contribution in [2.75, 3.05) is 18.1 Å². The summed E-state index contributed by atoms with van der Waals surface area (Å²) in [5, 5.41) is 21.7. The maximum Gasteiger partial charge on any atom is 0.694 e. The number of anilines is 2. The van der Waals surface area contributed by atoms with Gasteiger partial charge in [0.2, 0.25) is 5.95 Å². The minimum absolute atomic E-state index is 0.0541. The Morgan fingerprint density at radius 1 is 1.11 bits per heavy atom. The zero-order valence-electron chi connectivity index (χ0n) is 22.6. The molecule has 0 bridgehead atoms. The first-order chi connectivity index (χ1) is 20.9. The van der Waals surface area contributed by atoms with E-state index >= 15 is 0 Å². The monoisotopic (exact) mass is 657 g/mol. The lowest BCUT2D eigenvalue weighted by Gasteiger charge is -2.29. The number of aromatic amines is 1. The first-order valence-electron chi connectivity index (χ1n) is 13.0. The minimum atomic E-state index is -4.74. The zero-order chi connectivity index (χ0) is 31.5. The molecule has 6 rings (SSSR count). The van der Waals surface area contributed by atoms with E-state index in [-0.39, 0.29) is 40.5 Å². The quantitative estimate of drug-likeness (QED) is 0.102. The van der Waals surface area contributed by atoms with Gasteiger partial charge in [-0.2, -0.15) is 4.98 Å². The van der Waals surface area contributed by atoms with E-state index < -0.39 is 76.7 Å². The van der Waals surface area contributed by atoms with Crippen LogP contribution in [0.25, 0.3) is 22.3 Å². The Kier molecular flexibility index (Phi) is 7.95. The molecule has 0 aliphatic carbocycles. The fourth-order valence-corrected chi connectivity index (χ4v) is 7.48. The first kappa shape index (κ1) is 30.5. The summed E-state index contributed by atoms with van der Waals surface area (Å²) < 4.78 is 49.7. The SMILES string of the molecule is C[C@H](OP(=O)(O)[C@@H]1C[C@@H](CO[P+](=O)O)O[C@H]1n1cnc2c(=O)[nH]c(N)nc21)[C@@H]1O[C@@H](n2cnc3c(N)ncnc32)[C@H](O)[C@@H]1O. The number of nitrogens with zero attached hydrogens (tertiary/aromatic N) is 7. The van der Waals surface area contributed by atoms with Crippen LogP contribution in [0.3, 0.4) is 0 Å². The predicted octanol–water partition coefficient (Wildman–Crippen LogP) is -1.34. The Morgan fingerprint density at radius 3 is 2.55 bits per heavy atom. The molecular formula is C21H27N10O11P2+. The molecule has 2 aliphatic rings. The summed E-state index contributed by atoms with van der Waals surface area (Å²) in [5.74, 6) is -0.152. The zero-order valence-corrected chi connectivity index (χ0v) is 24.4. The maximum absolute atomic E-state index is 13.9. The molecular weight excluding hydrogens is 630 g/mol. The molecule has 21 nitrogen and oxygen atoms in total. The number of nitrogens with two attached hydrogens (primary N) is 2. The number of rotatable bonds is 9. The van der Waals surface area contributed by atoms with Crippen molar-refractivity contribution in [3.63, 3.8) is 0 Å². The van der Waals surface area contributed by atoms with Crippen LogP contribution >= 0.6 is 15.9 Å². The topological polar surface area (TPSA) is 311 Å². The van der Waals surface area contributed by atoms with Gasteiger partial charge in [0.05, 0.1) is 24.9 Å². The molecule has 2 unspecified atom stereocenters. The Labute approximate surface area is 246 Å². The molecule has 2 fully saturated rings. The van der Waals surface area contributed by atoms with Crippen LogP contribution in [-0.2, 0) is 27.7 Å². The molecule has 0 saturated carbocycles. The molecule has 0 aromatic carbocycles. The van der Waals surface area contributed by atoms with Crippen molar-refractivity contribution >= 4 is 49.9 Å². The van der Waals surface area contributed by atoms with Crippen molar-refractivity contribution in [1.82, 2.24) is 39.0 Å². The van der Waals surface area contributed by atoms with Crippen molar-refractivity contribution in [3.05, 3.63) is 29.3 Å². The van der Waals surface area contributed by atoms with Crippen LogP contribution in [-0.4, -0.2) is 102 Å². The van der Waals surface area contributed by atoms with E-state index in [1.54, 1.807) is 0 Å². The van der Waals surface area contributed by atoms with Gasteiger partial charge in [0.25, 0.3) is 5.56 Å². The summed E-state index contributed by atoms with van der Waals surface area (Å²) in [4.78, 5) is 55.2. The molecule has 6 heterocycles. The molecule has 4 aromatic rings. The van der Waals surface area contributed by atoms with Crippen LogP contribution < -0.4 is 17.0 Å². The predicted molar refractivity (Wildman–Crippen MR) is 147 cm³/mol. The van der Waals surface area contributed by atoms with Gasteiger partial charge in [-0.25, -0.2) is 19.9 Å². The van der Waals surface area contributed by atoms with Gasteiger partial charge in [0.15, 0.2) is 35.1 Å². The number of hydrogen-bond donors (Lipinski definition) is 7. The molecule has 44 heavy (non-hydrogen) atoms. The van der Waals surface area contributed by atoms with Gasteiger partial charge in [-0.05, 0) is 13.3 Å². The number of imidazole rings is 2. The molecule has 9 N–H and O–H groups in total. The minimum Gasteiger partial charge on any atom is -0.387 e. The standard InChI is InChI=1S/C21H26N10O11P2/c1-7(14-12(32)13(33)20(41-14)30-5-26-10-15(22)24-4-25-16(10)30)42-44(37,38)9-2-8(3-39-43(35)36)40-19(9)31-6-27-11-17(31)28-21(23)29-18(11)34/h4-9,12-14,19-20,32-33H,2-3H2,1H3,(H6-,22,23,24,25,28,29,34,35,36,37,38)/p+1/t7-,8-,9+,12-,13+,14-,19+,20+/m0/s1. The fourth-order valence-electron chi connectivity index (χ4n) is 5.39.